The molecular formula is C28H29N3O5. The first-order chi connectivity index (χ1) is 17.5. The second-order valence-corrected chi connectivity index (χ2v) is 8.54. The number of imide groups is 1. The number of benzene rings is 3. The normalized spacial score (nSPS) is 17.0. The highest BCUT2D eigenvalue weighted by molar-refractivity contribution is 6.09. The Bertz CT molecular complexity index is 1230. The summed E-state index contributed by atoms with van der Waals surface area (Å²) in [5.74, 6) is 0.373. The molecule has 0 spiro atoms. The summed E-state index contributed by atoms with van der Waals surface area (Å²) in [6, 6.07) is 23.6. The highest BCUT2D eigenvalue weighted by Gasteiger charge is 2.52. The van der Waals surface area contributed by atoms with Crippen LogP contribution in [0.15, 0.2) is 78.9 Å². The van der Waals surface area contributed by atoms with Crippen LogP contribution in [0.2, 0.25) is 0 Å². The van der Waals surface area contributed by atoms with Crippen molar-refractivity contribution in [2.75, 3.05) is 27.3 Å². The summed E-state index contributed by atoms with van der Waals surface area (Å²) < 4.78 is 10.6. The molecule has 4 amide bonds. The van der Waals surface area contributed by atoms with Gasteiger partial charge in [-0.1, -0.05) is 66.7 Å². The molecule has 3 aromatic rings. The van der Waals surface area contributed by atoms with Crippen molar-refractivity contribution in [2.45, 2.75) is 18.4 Å². The third-order valence-electron chi connectivity index (χ3n) is 6.24. The first-order valence-corrected chi connectivity index (χ1v) is 11.7. The number of nitrogens with one attached hydrogen (secondary N) is 2. The van der Waals surface area contributed by atoms with Crippen LogP contribution in [0, 0.1) is 0 Å². The van der Waals surface area contributed by atoms with E-state index in [0.717, 1.165) is 16.0 Å². The first kappa shape index (κ1) is 24.8. The average molecular weight is 488 g/mol. The Morgan fingerprint density at radius 2 is 1.56 bits per heavy atom. The molecule has 0 saturated carbocycles. The maximum atomic E-state index is 13.6. The van der Waals surface area contributed by atoms with E-state index in [-0.39, 0.29) is 13.0 Å². The number of hydrogen-bond acceptors (Lipinski definition) is 5. The van der Waals surface area contributed by atoms with Crippen LogP contribution in [0.25, 0.3) is 0 Å². The largest absolute Gasteiger partial charge is 0.493 e. The van der Waals surface area contributed by atoms with Gasteiger partial charge in [-0.15, -0.1) is 0 Å². The highest BCUT2D eigenvalue weighted by Crippen LogP contribution is 2.33. The quantitative estimate of drug-likeness (QED) is 0.429. The van der Waals surface area contributed by atoms with Crippen LogP contribution in [0.5, 0.6) is 11.5 Å². The number of carbonyl (C=O) groups is 3. The van der Waals surface area contributed by atoms with Crippen molar-refractivity contribution in [2.24, 2.45) is 0 Å². The molecular weight excluding hydrogens is 458 g/mol. The monoisotopic (exact) mass is 487 g/mol. The molecule has 0 aliphatic carbocycles. The van der Waals surface area contributed by atoms with Crippen molar-refractivity contribution >= 4 is 17.8 Å². The Labute approximate surface area is 210 Å². The summed E-state index contributed by atoms with van der Waals surface area (Å²) in [5, 5.41) is 5.67. The zero-order chi connectivity index (χ0) is 25.5. The van der Waals surface area contributed by atoms with Crippen molar-refractivity contribution in [1.82, 2.24) is 15.5 Å². The van der Waals surface area contributed by atoms with Gasteiger partial charge in [0.25, 0.3) is 5.91 Å². The lowest BCUT2D eigenvalue weighted by Crippen LogP contribution is -2.47. The van der Waals surface area contributed by atoms with E-state index in [1.165, 1.54) is 0 Å². The lowest BCUT2D eigenvalue weighted by molar-refractivity contribution is -0.135. The van der Waals surface area contributed by atoms with E-state index in [4.69, 9.17) is 9.47 Å². The molecule has 2 N–H and O–H groups in total. The number of ether oxygens (including phenoxy) is 2. The van der Waals surface area contributed by atoms with E-state index in [1.54, 1.807) is 20.3 Å². The van der Waals surface area contributed by atoms with E-state index < -0.39 is 23.4 Å². The lowest BCUT2D eigenvalue weighted by atomic mass is 9.83. The molecule has 36 heavy (non-hydrogen) atoms. The number of methoxy groups -OCH3 is 2. The third-order valence-corrected chi connectivity index (χ3v) is 6.24. The maximum absolute atomic E-state index is 13.6. The maximum Gasteiger partial charge on any atom is 0.325 e. The second-order valence-electron chi connectivity index (χ2n) is 8.54. The molecule has 1 aliphatic heterocycles. The Morgan fingerprint density at radius 3 is 2.22 bits per heavy atom. The van der Waals surface area contributed by atoms with Crippen LogP contribution in [-0.4, -0.2) is 50.1 Å². The SMILES string of the molecule is COc1ccc(CCNC(=O)CN2C(=O)N[C@@](Cc3ccccc3)(c3ccccc3)C2=O)cc1OC. The summed E-state index contributed by atoms with van der Waals surface area (Å²) in [4.78, 5) is 40.2. The zero-order valence-corrected chi connectivity index (χ0v) is 20.3. The fourth-order valence-electron chi connectivity index (χ4n) is 4.39. The number of amides is 4. The average Bonchev–Trinajstić information content (AvgIpc) is 3.14. The number of hydrogen-bond donors (Lipinski definition) is 2. The van der Waals surface area contributed by atoms with Crippen molar-refractivity contribution in [3.63, 3.8) is 0 Å². The lowest BCUT2D eigenvalue weighted by Gasteiger charge is -2.27. The summed E-state index contributed by atoms with van der Waals surface area (Å²) >= 11 is 0. The Hall–Kier alpha value is -4.33. The van der Waals surface area contributed by atoms with Gasteiger partial charge in [0.2, 0.25) is 5.91 Å². The predicted molar refractivity (Wildman–Crippen MR) is 135 cm³/mol. The molecule has 8 nitrogen and oxygen atoms in total. The van der Waals surface area contributed by atoms with Gasteiger partial charge >= 0.3 is 6.03 Å². The zero-order valence-electron chi connectivity index (χ0n) is 20.3. The molecule has 0 radical (unpaired) electrons. The number of urea groups is 1. The molecule has 1 aliphatic rings. The standard InChI is InChI=1S/C28H29N3O5/c1-35-23-14-13-20(17-24(23)36-2)15-16-29-25(32)19-31-26(33)28(30-27(31)34,22-11-7-4-8-12-22)18-21-9-5-3-6-10-21/h3-14,17H,15-16,18-19H2,1-2H3,(H,29,32)(H,30,34)/t28-/m0/s1. The fraction of sp³-hybridized carbons (Fsp3) is 0.250. The molecule has 1 atom stereocenters. The minimum absolute atomic E-state index is 0.278. The van der Waals surface area contributed by atoms with Crippen molar-refractivity contribution in [3.05, 3.63) is 95.6 Å². The van der Waals surface area contributed by atoms with Gasteiger partial charge < -0.3 is 20.1 Å². The number of nitrogens with zero attached hydrogens (tertiary/aromatic N) is 1. The molecule has 0 unspecified atom stereocenters. The number of carbonyl (C=O) groups excluding carboxylic acids is 3. The molecule has 3 aromatic carbocycles. The van der Waals surface area contributed by atoms with Gasteiger partial charge in [0, 0.05) is 13.0 Å². The van der Waals surface area contributed by atoms with E-state index in [1.807, 2.05) is 72.8 Å². The highest BCUT2D eigenvalue weighted by atomic mass is 16.5. The molecule has 1 fully saturated rings. The summed E-state index contributed by atoms with van der Waals surface area (Å²) in [7, 11) is 3.13. The van der Waals surface area contributed by atoms with Gasteiger partial charge in [0.1, 0.15) is 6.54 Å². The van der Waals surface area contributed by atoms with Gasteiger partial charge in [-0.3, -0.25) is 14.5 Å². The third kappa shape index (κ3) is 5.17. The first-order valence-electron chi connectivity index (χ1n) is 11.7. The van der Waals surface area contributed by atoms with Gasteiger partial charge in [0.15, 0.2) is 17.0 Å². The second kappa shape index (κ2) is 10.9. The van der Waals surface area contributed by atoms with Crippen LogP contribution >= 0.6 is 0 Å². The van der Waals surface area contributed by atoms with E-state index in [9.17, 15) is 14.4 Å². The van der Waals surface area contributed by atoms with E-state index >= 15 is 0 Å². The number of rotatable bonds is 10. The summed E-state index contributed by atoms with van der Waals surface area (Å²) in [6.45, 7) is -0.0220. The van der Waals surface area contributed by atoms with E-state index in [2.05, 4.69) is 10.6 Å². The molecule has 4 rings (SSSR count). The summed E-state index contributed by atoms with van der Waals surface area (Å²) in [5.41, 5.74) is 1.24. The Morgan fingerprint density at radius 1 is 0.889 bits per heavy atom. The van der Waals surface area contributed by atoms with Gasteiger partial charge in [-0.2, -0.15) is 0 Å². The van der Waals surface area contributed by atoms with Crippen LogP contribution in [0.4, 0.5) is 4.79 Å². The summed E-state index contributed by atoms with van der Waals surface area (Å²) in [6.07, 6.45) is 0.827. The molecule has 1 heterocycles. The van der Waals surface area contributed by atoms with Crippen LogP contribution in [0.3, 0.4) is 0 Å². The fourth-order valence-corrected chi connectivity index (χ4v) is 4.39. The minimum Gasteiger partial charge on any atom is -0.493 e. The molecule has 0 bridgehead atoms. The Kier molecular flexibility index (Phi) is 7.53. The van der Waals surface area contributed by atoms with Crippen molar-refractivity contribution < 1.29 is 23.9 Å². The van der Waals surface area contributed by atoms with Crippen molar-refractivity contribution in [3.8, 4) is 11.5 Å². The molecule has 1 saturated heterocycles. The molecule has 8 heteroatoms. The van der Waals surface area contributed by atoms with Gasteiger partial charge in [-0.05, 0) is 35.2 Å². The van der Waals surface area contributed by atoms with Crippen molar-refractivity contribution in [1.29, 1.82) is 0 Å². The van der Waals surface area contributed by atoms with Gasteiger partial charge in [0.05, 0.1) is 14.2 Å². The van der Waals surface area contributed by atoms with Crippen LogP contribution < -0.4 is 20.1 Å². The molecule has 0 aromatic heterocycles. The van der Waals surface area contributed by atoms with Crippen LogP contribution in [0.1, 0.15) is 16.7 Å². The Balaban J connectivity index is 1.44. The van der Waals surface area contributed by atoms with Gasteiger partial charge in [-0.25, -0.2) is 4.79 Å². The topological polar surface area (TPSA) is 97.0 Å². The smallest absolute Gasteiger partial charge is 0.325 e. The molecule has 186 valence electrons. The minimum atomic E-state index is -1.28. The van der Waals surface area contributed by atoms with E-state index in [0.29, 0.717) is 30.0 Å². The van der Waals surface area contributed by atoms with Crippen LogP contribution in [-0.2, 0) is 28.0 Å². The predicted octanol–water partition coefficient (Wildman–Crippen LogP) is 3.05.